The van der Waals surface area contributed by atoms with Gasteiger partial charge in [0.1, 0.15) is 17.3 Å². The minimum absolute atomic E-state index is 0.308. The van der Waals surface area contributed by atoms with Crippen LogP contribution in [0.3, 0.4) is 0 Å². The number of rotatable bonds is 1. The number of hydrogen-bond donors (Lipinski definition) is 0. The van der Waals surface area contributed by atoms with Gasteiger partial charge in [-0.05, 0) is 54.6 Å². The third kappa shape index (κ3) is 1.77. The Morgan fingerprint density at radius 1 is 1.24 bits per heavy atom. The number of halogens is 2. The number of imide groups is 1. The second-order valence-electron chi connectivity index (χ2n) is 6.86. The lowest BCUT2D eigenvalue weighted by Gasteiger charge is -2.29. The van der Waals surface area contributed by atoms with E-state index in [4.69, 9.17) is 10.00 Å². The summed E-state index contributed by atoms with van der Waals surface area (Å²) in [7, 11) is 0. The summed E-state index contributed by atoms with van der Waals surface area (Å²) in [5.74, 6) is -3.99. The molecule has 2 amide bonds. The highest BCUT2D eigenvalue weighted by Gasteiger charge is 2.80. The lowest BCUT2D eigenvalue weighted by Crippen LogP contribution is -2.53. The number of carbonyl (C=O) groups excluding carboxylic acids is 3. The molecule has 4 rings (SSSR count). The van der Waals surface area contributed by atoms with Crippen LogP contribution in [0.4, 0.5) is 10.1 Å². The normalized spacial score (nSPS) is 39.1. The Labute approximate surface area is 156 Å². The van der Waals surface area contributed by atoms with Crippen molar-refractivity contribution in [3.8, 4) is 6.07 Å². The summed E-state index contributed by atoms with van der Waals surface area (Å²) in [6.45, 7) is 2.76. The van der Waals surface area contributed by atoms with E-state index in [1.165, 1.54) is 26.0 Å². The maximum Gasteiger partial charge on any atom is 0.241 e. The first kappa shape index (κ1) is 16.6. The van der Waals surface area contributed by atoms with Gasteiger partial charge in [-0.25, -0.2) is 9.29 Å². The Balaban J connectivity index is 1.82. The molecule has 0 aromatic heterocycles. The van der Waals surface area contributed by atoms with Gasteiger partial charge in [0.15, 0.2) is 6.17 Å². The van der Waals surface area contributed by atoms with Crippen molar-refractivity contribution in [1.29, 1.82) is 5.26 Å². The Bertz CT molecular complexity index is 912. The molecular formula is C17H12FIN2O4. The first-order valence-electron chi connectivity index (χ1n) is 7.63. The van der Waals surface area contributed by atoms with Crippen LogP contribution in [0.2, 0.25) is 0 Å². The number of amides is 2. The van der Waals surface area contributed by atoms with Gasteiger partial charge in [0, 0.05) is 3.57 Å². The molecule has 3 aliphatic heterocycles. The van der Waals surface area contributed by atoms with Gasteiger partial charge >= 0.3 is 0 Å². The summed E-state index contributed by atoms with van der Waals surface area (Å²) < 4.78 is 20.7. The number of Topliss-reactive ketones (excluding diaryl/α,β-unsaturated/α-hetero) is 1. The third-order valence-corrected chi connectivity index (χ3v) is 6.40. The van der Waals surface area contributed by atoms with E-state index in [2.05, 4.69) is 0 Å². The van der Waals surface area contributed by atoms with Crippen molar-refractivity contribution in [2.75, 3.05) is 4.90 Å². The van der Waals surface area contributed by atoms with Crippen molar-refractivity contribution in [3.63, 3.8) is 0 Å². The number of anilines is 1. The van der Waals surface area contributed by atoms with Gasteiger partial charge in [-0.1, -0.05) is 0 Å². The zero-order chi connectivity index (χ0) is 18.3. The van der Waals surface area contributed by atoms with Gasteiger partial charge < -0.3 is 4.74 Å². The van der Waals surface area contributed by atoms with Gasteiger partial charge in [-0.3, -0.25) is 14.4 Å². The molecule has 25 heavy (non-hydrogen) atoms. The number of nitriles is 1. The second kappa shape index (κ2) is 4.86. The first-order chi connectivity index (χ1) is 11.7. The number of ketones is 1. The molecule has 0 radical (unpaired) electrons. The SMILES string of the molecule is CC12OC(C)([C@H](F)C1=O)[C@H]1C(=O)N(c3ccc(C#N)c(I)c3)C(=O)[C@H]12. The van der Waals surface area contributed by atoms with Crippen LogP contribution >= 0.6 is 22.6 Å². The van der Waals surface area contributed by atoms with Crippen LogP contribution in [0.25, 0.3) is 0 Å². The first-order valence-corrected chi connectivity index (χ1v) is 8.70. The Morgan fingerprint density at radius 2 is 1.88 bits per heavy atom. The number of alkyl halides is 1. The van der Waals surface area contributed by atoms with Gasteiger partial charge in [0.2, 0.25) is 17.6 Å². The molecule has 0 saturated carbocycles. The van der Waals surface area contributed by atoms with Crippen LogP contribution in [-0.4, -0.2) is 35.0 Å². The fourth-order valence-corrected chi connectivity index (χ4v) is 4.92. The molecule has 1 aromatic carbocycles. The van der Waals surface area contributed by atoms with Gasteiger partial charge in [-0.15, -0.1) is 0 Å². The van der Waals surface area contributed by atoms with E-state index in [9.17, 15) is 18.8 Å². The molecule has 3 fully saturated rings. The van der Waals surface area contributed by atoms with Crippen molar-refractivity contribution in [1.82, 2.24) is 0 Å². The molecule has 0 N–H and O–H groups in total. The minimum Gasteiger partial charge on any atom is -0.356 e. The zero-order valence-corrected chi connectivity index (χ0v) is 15.4. The van der Waals surface area contributed by atoms with E-state index in [1.54, 1.807) is 6.07 Å². The number of fused-ring (bicyclic) bond motifs is 5. The van der Waals surface area contributed by atoms with E-state index in [1.807, 2.05) is 28.7 Å². The maximum atomic E-state index is 14.5. The molecule has 3 heterocycles. The topological polar surface area (TPSA) is 87.5 Å². The summed E-state index contributed by atoms with van der Waals surface area (Å²) in [4.78, 5) is 39.1. The molecule has 3 saturated heterocycles. The predicted octanol–water partition coefficient (Wildman–Crippen LogP) is 1.74. The number of hydrogen-bond acceptors (Lipinski definition) is 5. The van der Waals surface area contributed by atoms with E-state index in [-0.39, 0.29) is 0 Å². The lowest BCUT2D eigenvalue weighted by molar-refractivity contribution is -0.140. The Kier molecular flexibility index (Phi) is 3.22. The number of benzene rings is 1. The van der Waals surface area contributed by atoms with Crippen molar-refractivity contribution in [2.24, 2.45) is 11.8 Å². The molecule has 3 aliphatic rings. The number of ether oxygens (including phenoxy) is 1. The molecule has 128 valence electrons. The molecule has 5 atom stereocenters. The zero-order valence-electron chi connectivity index (χ0n) is 13.2. The highest BCUT2D eigenvalue weighted by atomic mass is 127. The van der Waals surface area contributed by atoms with E-state index in [0.717, 1.165) is 4.90 Å². The average molecular weight is 454 g/mol. The predicted molar refractivity (Wildman–Crippen MR) is 91.1 cm³/mol. The molecule has 2 unspecified atom stereocenters. The summed E-state index contributed by atoms with van der Waals surface area (Å²) in [5.41, 5.74) is -2.52. The average Bonchev–Trinajstić information content (AvgIpc) is 3.04. The lowest BCUT2D eigenvalue weighted by atomic mass is 9.67. The summed E-state index contributed by atoms with van der Waals surface area (Å²) in [6, 6.07) is 6.58. The molecule has 0 spiro atoms. The van der Waals surface area contributed by atoms with Crippen LogP contribution in [0.15, 0.2) is 18.2 Å². The van der Waals surface area contributed by atoms with Crippen molar-refractivity contribution < 1.29 is 23.5 Å². The molecule has 1 aromatic rings. The molecule has 8 heteroatoms. The summed E-state index contributed by atoms with van der Waals surface area (Å²) >= 11 is 1.94. The molecule has 0 aliphatic carbocycles. The largest absolute Gasteiger partial charge is 0.356 e. The smallest absolute Gasteiger partial charge is 0.241 e. The third-order valence-electron chi connectivity index (χ3n) is 5.50. The molecule has 2 bridgehead atoms. The highest BCUT2D eigenvalue weighted by Crippen LogP contribution is 2.60. The second-order valence-corrected chi connectivity index (χ2v) is 8.03. The molecular weight excluding hydrogens is 442 g/mol. The van der Waals surface area contributed by atoms with Crippen LogP contribution in [0.1, 0.15) is 19.4 Å². The fourth-order valence-electron chi connectivity index (χ4n) is 4.30. The van der Waals surface area contributed by atoms with Crippen molar-refractivity contribution in [3.05, 3.63) is 27.3 Å². The highest BCUT2D eigenvalue weighted by molar-refractivity contribution is 14.1. The minimum atomic E-state index is -1.93. The monoisotopic (exact) mass is 454 g/mol. The van der Waals surface area contributed by atoms with Crippen LogP contribution < -0.4 is 4.90 Å². The van der Waals surface area contributed by atoms with Crippen LogP contribution in [-0.2, 0) is 19.1 Å². The van der Waals surface area contributed by atoms with Gasteiger partial charge in [0.05, 0.1) is 23.1 Å². The Hall–Kier alpha value is -1.86. The van der Waals surface area contributed by atoms with E-state index in [0.29, 0.717) is 14.8 Å². The van der Waals surface area contributed by atoms with Crippen LogP contribution in [0.5, 0.6) is 0 Å². The van der Waals surface area contributed by atoms with Crippen molar-refractivity contribution in [2.45, 2.75) is 31.2 Å². The van der Waals surface area contributed by atoms with Crippen LogP contribution in [0, 0.1) is 26.7 Å². The number of nitrogens with zero attached hydrogens (tertiary/aromatic N) is 2. The number of carbonyl (C=O) groups is 3. The quantitative estimate of drug-likeness (QED) is 0.477. The summed E-state index contributed by atoms with van der Waals surface area (Å²) in [6.07, 6.45) is -1.93. The van der Waals surface area contributed by atoms with Gasteiger partial charge in [-0.2, -0.15) is 5.26 Å². The van der Waals surface area contributed by atoms with Crippen molar-refractivity contribution >= 4 is 45.9 Å². The fraction of sp³-hybridized carbons (Fsp3) is 0.412. The molecule has 6 nitrogen and oxygen atoms in total. The maximum absolute atomic E-state index is 14.5. The van der Waals surface area contributed by atoms with Gasteiger partial charge in [0.25, 0.3) is 0 Å². The Morgan fingerprint density at radius 3 is 2.48 bits per heavy atom. The van der Waals surface area contributed by atoms with E-state index >= 15 is 0 Å². The summed E-state index contributed by atoms with van der Waals surface area (Å²) in [5, 5.41) is 9.02. The standard InChI is InChI=1S/C17H12FIN2O4/c1-16-10-11(17(2,25-16)13(22)12(16)18)15(24)21(14(10)23)8-4-3-7(6-20)9(19)5-8/h3-5,10-12H,1-2H3/t10-,11+,12-,16?,17?/m1/s1. The van der Waals surface area contributed by atoms with E-state index < -0.39 is 46.8 Å².